The van der Waals surface area contributed by atoms with Gasteiger partial charge in [-0.3, -0.25) is 9.59 Å². The van der Waals surface area contributed by atoms with E-state index in [-0.39, 0.29) is 48.9 Å². The minimum Gasteiger partial charge on any atom is -0.483 e. The first-order chi connectivity index (χ1) is 18.3. The van der Waals surface area contributed by atoms with E-state index in [0.717, 1.165) is 16.0 Å². The van der Waals surface area contributed by atoms with E-state index in [1.54, 1.807) is 18.3 Å². The summed E-state index contributed by atoms with van der Waals surface area (Å²) in [5.74, 6) is -2.71. The third-order valence-electron chi connectivity index (χ3n) is 7.50. The second-order valence-corrected chi connectivity index (χ2v) is 10.3. The minimum atomic E-state index is -3.32. The molecule has 2 amide bonds. The first-order valence-corrected chi connectivity index (χ1v) is 12.9. The first kappa shape index (κ1) is 24.6. The van der Waals surface area contributed by atoms with Crippen molar-refractivity contribution in [2.75, 3.05) is 18.4 Å². The van der Waals surface area contributed by atoms with Gasteiger partial charge in [0.25, 0.3) is 0 Å². The number of nitrogens with one attached hydrogen (secondary N) is 2. The predicted octanol–water partition coefficient (Wildman–Crippen LogP) is 3.06. The number of nitrogens with zero attached hydrogens (tertiary/aromatic N) is 3. The van der Waals surface area contributed by atoms with E-state index >= 15 is 8.78 Å². The Hall–Kier alpha value is -3.78. The van der Waals surface area contributed by atoms with Crippen molar-refractivity contribution in [3.8, 4) is 22.9 Å². The molecule has 198 valence electrons. The van der Waals surface area contributed by atoms with E-state index in [2.05, 4.69) is 15.6 Å². The molecular weight excluding hydrogens is 496 g/mol. The van der Waals surface area contributed by atoms with Crippen LogP contribution in [0.4, 0.5) is 14.6 Å². The van der Waals surface area contributed by atoms with Gasteiger partial charge in [0.2, 0.25) is 11.8 Å². The number of halogens is 2. The number of alkyl halides is 2. The largest absolute Gasteiger partial charge is 0.483 e. The second-order valence-electron chi connectivity index (χ2n) is 10.3. The molecule has 38 heavy (non-hydrogen) atoms. The highest BCUT2D eigenvalue weighted by molar-refractivity contribution is 5.90. The zero-order valence-electron chi connectivity index (χ0n) is 20.5. The molecule has 1 saturated carbocycles. The van der Waals surface area contributed by atoms with Crippen molar-refractivity contribution in [3.05, 3.63) is 42.1 Å². The number of carbonyl (C=O) groups is 2. The number of benzene rings is 1. The highest BCUT2D eigenvalue weighted by Gasteiger charge is 2.50. The Balaban J connectivity index is 1.12. The fourth-order valence-corrected chi connectivity index (χ4v) is 5.18. The van der Waals surface area contributed by atoms with Gasteiger partial charge in [0.1, 0.15) is 29.8 Å². The van der Waals surface area contributed by atoms with Crippen molar-refractivity contribution in [1.82, 2.24) is 15.2 Å². The fourth-order valence-electron chi connectivity index (χ4n) is 5.18. The molecule has 4 aliphatic rings. The molecule has 0 spiro atoms. The molecule has 1 aromatic heterocycles. The number of carbonyl (C=O) groups excluding carboxylic acids is 2. The maximum Gasteiger partial charge on any atom is 0.301 e. The molecule has 3 saturated heterocycles. The zero-order chi connectivity index (χ0) is 26.4. The number of anilines is 1. The molecule has 9 nitrogen and oxygen atoms in total. The van der Waals surface area contributed by atoms with Crippen LogP contribution in [-0.2, 0) is 14.3 Å². The third-order valence-corrected chi connectivity index (χ3v) is 7.50. The standard InChI is InChI=1S/C27H27F2N5O4/c28-27(29)14-34(26(36)19-4-6-23(35)32-19)10-8-21(27)37-20-5-3-16(11-18(20)13-30)17-7-9-31-22(12-17)33-25-24(38-25)15-1-2-15/h3,5,7,9,11-12,15,19,21,24-25H,1-2,4,6,8,10,14H2,(H,31,33)(H,32,35)/t19-,21-,24?,25?/m0/s1. The SMILES string of the molecule is N#Cc1cc(-c2ccnc(NC3OC3C3CC3)c2)ccc1O[C@H]1CCN(C(=O)[C@@H]2CCC(=O)N2)CC1(F)F. The van der Waals surface area contributed by atoms with Crippen LogP contribution in [0.15, 0.2) is 36.5 Å². The average molecular weight is 524 g/mol. The van der Waals surface area contributed by atoms with E-state index in [9.17, 15) is 14.9 Å². The Kier molecular flexibility index (Phi) is 6.14. The van der Waals surface area contributed by atoms with Crippen molar-refractivity contribution >= 4 is 17.6 Å². The summed E-state index contributed by atoms with van der Waals surface area (Å²) >= 11 is 0. The monoisotopic (exact) mass is 523 g/mol. The summed E-state index contributed by atoms with van der Waals surface area (Å²) < 4.78 is 41.4. The van der Waals surface area contributed by atoms with Gasteiger partial charge in [-0.15, -0.1) is 0 Å². The zero-order valence-corrected chi connectivity index (χ0v) is 20.5. The maximum atomic E-state index is 15.0. The predicted molar refractivity (Wildman–Crippen MR) is 131 cm³/mol. The van der Waals surface area contributed by atoms with Crippen molar-refractivity contribution in [2.24, 2.45) is 5.92 Å². The van der Waals surface area contributed by atoms with Gasteiger partial charge in [0, 0.05) is 25.6 Å². The summed E-state index contributed by atoms with van der Waals surface area (Å²) in [5, 5.41) is 15.5. The molecule has 6 rings (SSSR count). The minimum absolute atomic E-state index is 0.0315. The lowest BCUT2D eigenvalue weighted by atomic mass is 10.0. The Morgan fingerprint density at radius 2 is 2.03 bits per heavy atom. The summed E-state index contributed by atoms with van der Waals surface area (Å²) in [7, 11) is 0. The molecular formula is C27H27F2N5O4. The molecule has 11 heteroatoms. The van der Waals surface area contributed by atoms with E-state index < -0.39 is 30.5 Å². The number of piperidine rings is 1. The quantitative estimate of drug-likeness (QED) is 0.536. The summed E-state index contributed by atoms with van der Waals surface area (Å²) in [4.78, 5) is 29.4. The van der Waals surface area contributed by atoms with Gasteiger partial charge in [-0.2, -0.15) is 5.26 Å². The van der Waals surface area contributed by atoms with E-state index in [1.807, 2.05) is 18.2 Å². The molecule has 0 radical (unpaired) electrons. The van der Waals surface area contributed by atoms with Gasteiger partial charge in [-0.05, 0) is 60.6 Å². The van der Waals surface area contributed by atoms with Crippen LogP contribution in [0.5, 0.6) is 5.75 Å². The third kappa shape index (κ3) is 5.00. The van der Waals surface area contributed by atoms with Crippen LogP contribution in [0.3, 0.4) is 0 Å². The maximum absolute atomic E-state index is 15.0. The molecule has 4 fully saturated rings. The van der Waals surface area contributed by atoms with E-state index in [4.69, 9.17) is 9.47 Å². The van der Waals surface area contributed by atoms with Gasteiger partial charge in [-0.25, -0.2) is 13.8 Å². The fraction of sp³-hybridized carbons (Fsp3) is 0.481. The van der Waals surface area contributed by atoms with Crippen molar-refractivity contribution in [1.29, 1.82) is 5.26 Å². The lowest BCUT2D eigenvalue weighted by Gasteiger charge is -2.39. The first-order valence-electron chi connectivity index (χ1n) is 12.9. The number of hydrogen-bond acceptors (Lipinski definition) is 7. The molecule has 4 heterocycles. The normalized spacial score (nSPS) is 27.8. The van der Waals surface area contributed by atoms with Gasteiger partial charge >= 0.3 is 5.92 Å². The van der Waals surface area contributed by atoms with E-state index in [0.29, 0.717) is 18.2 Å². The van der Waals surface area contributed by atoms with Crippen molar-refractivity contribution in [3.63, 3.8) is 0 Å². The average Bonchev–Trinajstić information content (AvgIpc) is 3.83. The molecule has 2 unspecified atom stereocenters. The summed E-state index contributed by atoms with van der Waals surface area (Å²) in [6, 6.07) is 9.80. The van der Waals surface area contributed by atoms with Crippen LogP contribution in [0.2, 0.25) is 0 Å². The number of epoxide rings is 1. The molecule has 1 aromatic carbocycles. The lowest BCUT2D eigenvalue weighted by molar-refractivity contribution is -0.161. The number of likely N-dealkylation sites (tertiary alicyclic amines) is 1. The number of nitriles is 1. The van der Waals surface area contributed by atoms with Gasteiger partial charge in [-0.1, -0.05) is 6.07 Å². The topological polar surface area (TPSA) is 120 Å². The smallest absolute Gasteiger partial charge is 0.301 e. The van der Waals surface area contributed by atoms with Crippen molar-refractivity contribution in [2.45, 2.75) is 62.5 Å². The van der Waals surface area contributed by atoms with Gasteiger partial charge in [0.05, 0.1) is 12.1 Å². The van der Waals surface area contributed by atoms with Crippen LogP contribution in [0, 0.1) is 17.2 Å². The Morgan fingerprint density at radius 1 is 1.21 bits per heavy atom. The molecule has 2 N–H and O–H groups in total. The second kappa shape index (κ2) is 9.51. The summed E-state index contributed by atoms with van der Waals surface area (Å²) in [6.07, 6.45) is 3.21. The molecule has 1 aliphatic carbocycles. The number of pyridine rings is 1. The highest BCUT2D eigenvalue weighted by Crippen LogP contribution is 2.44. The number of ether oxygens (including phenoxy) is 2. The number of hydrogen-bond donors (Lipinski definition) is 2. The Bertz CT molecular complexity index is 1310. The van der Waals surface area contributed by atoms with E-state index in [1.165, 1.54) is 18.9 Å². The van der Waals surface area contributed by atoms with Crippen LogP contribution in [-0.4, -0.2) is 65.2 Å². The van der Waals surface area contributed by atoms with Crippen LogP contribution in [0.25, 0.3) is 11.1 Å². The number of amides is 2. The highest BCUT2D eigenvalue weighted by atomic mass is 19.3. The Labute approximate surface area is 218 Å². The summed E-state index contributed by atoms with van der Waals surface area (Å²) in [6.45, 7) is -0.730. The van der Waals surface area contributed by atoms with Crippen LogP contribution >= 0.6 is 0 Å². The van der Waals surface area contributed by atoms with Crippen LogP contribution < -0.4 is 15.4 Å². The van der Waals surface area contributed by atoms with Crippen molar-refractivity contribution < 1.29 is 27.8 Å². The van der Waals surface area contributed by atoms with Crippen LogP contribution in [0.1, 0.15) is 37.7 Å². The number of rotatable bonds is 7. The molecule has 3 aliphatic heterocycles. The molecule has 4 atom stereocenters. The summed E-state index contributed by atoms with van der Waals surface area (Å²) in [5.41, 5.74) is 1.67. The molecule has 0 bridgehead atoms. The Morgan fingerprint density at radius 3 is 2.74 bits per heavy atom. The van der Waals surface area contributed by atoms with Gasteiger partial charge < -0.3 is 25.0 Å². The lowest BCUT2D eigenvalue weighted by Crippen LogP contribution is -2.58. The number of aromatic nitrogens is 1. The van der Waals surface area contributed by atoms with Gasteiger partial charge in [0.15, 0.2) is 12.3 Å². The molecule has 2 aromatic rings.